The quantitative estimate of drug-likeness (QED) is 0.667. The van der Waals surface area contributed by atoms with Gasteiger partial charge in [-0.2, -0.15) is 0 Å². The van der Waals surface area contributed by atoms with Crippen LogP contribution in [0.4, 0.5) is 5.69 Å². The predicted octanol–water partition coefficient (Wildman–Crippen LogP) is 3.94. The summed E-state index contributed by atoms with van der Waals surface area (Å²) in [5, 5.41) is 2.99. The molecule has 7 nitrogen and oxygen atoms in total. The van der Waals surface area contributed by atoms with Gasteiger partial charge in [0.2, 0.25) is 0 Å². The number of anilines is 1. The summed E-state index contributed by atoms with van der Waals surface area (Å²) < 4.78 is 20.9. The van der Waals surface area contributed by atoms with Crippen molar-refractivity contribution >= 4 is 29.2 Å². The van der Waals surface area contributed by atoms with Crippen molar-refractivity contribution in [3.63, 3.8) is 0 Å². The highest BCUT2D eigenvalue weighted by molar-refractivity contribution is 6.32. The first kappa shape index (κ1) is 21.4. The molecule has 2 aromatic rings. The van der Waals surface area contributed by atoms with Crippen LogP contribution in [0.15, 0.2) is 36.4 Å². The number of amides is 1. The summed E-state index contributed by atoms with van der Waals surface area (Å²) in [5.41, 5.74) is 0.703. The molecule has 0 aromatic heterocycles. The van der Waals surface area contributed by atoms with Crippen molar-refractivity contribution in [1.82, 2.24) is 0 Å². The van der Waals surface area contributed by atoms with Gasteiger partial charge in [-0.1, -0.05) is 11.6 Å². The van der Waals surface area contributed by atoms with Crippen molar-refractivity contribution in [2.75, 3.05) is 26.1 Å². The molecule has 0 saturated carbocycles. The van der Waals surface area contributed by atoms with Gasteiger partial charge < -0.3 is 24.3 Å². The maximum absolute atomic E-state index is 12.4. The van der Waals surface area contributed by atoms with E-state index in [2.05, 4.69) is 5.32 Å². The normalized spacial score (nSPS) is 11.3. The molecule has 0 unspecified atom stereocenters. The molecule has 2 aromatic carbocycles. The number of carbonyl (C=O) groups is 2. The lowest BCUT2D eigenvalue weighted by Crippen LogP contribution is -2.30. The molecule has 0 saturated heterocycles. The van der Waals surface area contributed by atoms with Gasteiger partial charge in [-0.05, 0) is 50.2 Å². The van der Waals surface area contributed by atoms with Gasteiger partial charge in [0.25, 0.3) is 5.91 Å². The highest BCUT2D eigenvalue weighted by Crippen LogP contribution is 2.29. The molecule has 2 rings (SSSR count). The van der Waals surface area contributed by atoms with E-state index in [1.807, 2.05) is 6.92 Å². The summed E-state index contributed by atoms with van der Waals surface area (Å²) in [6.45, 7) is 3.79. The molecule has 1 amide bonds. The highest BCUT2D eigenvalue weighted by atomic mass is 35.5. The van der Waals surface area contributed by atoms with Gasteiger partial charge in [-0.15, -0.1) is 0 Å². The first-order chi connectivity index (χ1) is 13.4. The Hall–Kier alpha value is -2.93. The average molecular weight is 408 g/mol. The van der Waals surface area contributed by atoms with E-state index in [1.54, 1.807) is 30.3 Å². The van der Waals surface area contributed by atoms with Gasteiger partial charge in [0.05, 0.1) is 31.4 Å². The van der Waals surface area contributed by atoms with Crippen LogP contribution in [-0.4, -0.2) is 38.8 Å². The van der Waals surface area contributed by atoms with Crippen molar-refractivity contribution in [3.8, 4) is 17.2 Å². The molecule has 0 bridgehead atoms. The maximum Gasteiger partial charge on any atom is 0.339 e. The number of nitrogens with one attached hydrogen (secondary N) is 1. The standard InChI is InChI=1S/C20H22ClNO6/c1-5-27-17-8-6-13(10-18(17)26-4)20(24)28-12(2)19(23)22-14-7-9-16(25-3)15(21)11-14/h6-12H,5H2,1-4H3,(H,22,23)/t12-/m0/s1. The van der Waals surface area contributed by atoms with Crippen LogP contribution in [0.2, 0.25) is 5.02 Å². The minimum atomic E-state index is -1.02. The minimum Gasteiger partial charge on any atom is -0.495 e. The molecule has 0 aliphatic carbocycles. The van der Waals surface area contributed by atoms with Crippen LogP contribution in [0.5, 0.6) is 17.2 Å². The first-order valence-electron chi connectivity index (χ1n) is 8.55. The van der Waals surface area contributed by atoms with Crippen LogP contribution in [0.3, 0.4) is 0 Å². The number of rotatable bonds is 8. The second-order valence-corrected chi connectivity index (χ2v) is 6.09. The summed E-state index contributed by atoms with van der Waals surface area (Å²) in [4.78, 5) is 24.7. The third-order valence-electron chi connectivity index (χ3n) is 3.77. The van der Waals surface area contributed by atoms with Crippen molar-refractivity contribution < 1.29 is 28.5 Å². The number of carbonyl (C=O) groups excluding carboxylic acids is 2. The lowest BCUT2D eigenvalue weighted by atomic mass is 10.2. The van der Waals surface area contributed by atoms with E-state index in [-0.39, 0.29) is 5.56 Å². The zero-order chi connectivity index (χ0) is 20.7. The predicted molar refractivity (Wildman–Crippen MR) is 106 cm³/mol. The van der Waals surface area contributed by atoms with Gasteiger partial charge >= 0.3 is 5.97 Å². The van der Waals surface area contributed by atoms with E-state index in [0.29, 0.717) is 34.6 Å². The van der Waals surface area contributed by atoms with E-state index < -0.39 is 18.0 Å². The fourth-order valence-corrected chi connectivity index (χ4v) is 2.60. The second-order valence-electron chi connectivity index (χ2n) is 5.68. The molecule has 0 spiro atoms. The Morgan fingerprint density at radius 2 is 1.71 bits per heavy atom. The van der Waals surface area contributed by atoms with Crippen molar-refractivity contribution in [1.29, 1.82) is 0 Å². The number of ether oxygens (including phenoxy) is 4. The van der Waals surface area contributed by atoms with E-state index >= 15 is 0 Å². The Morgan fingerprint density at radius 3 is 2.32 bits per heavy atom. The number of hydrogen-bond acceptors (Lipinski definition) is 6. The third-order valence-corrected chi connectivity index (χ3v) is 4.07. The zero-order valence-electron chi connectivity index (χ0n) is 16.1. The fourth-order valence-electron chi connectivity index (χ4n) is 2.34. The first-order valence-corrected chi connectivity index (χ1v) is 8.93. The van der Waals surface area contributed by atoms with Gasteiger partial charge in [0.1, 0.15) is 5.75 Å². The number of hydrogen-bond donors (Lipinski definition) is 1. The molecule has 0 heterocycles. The van der Waals surface area contributed by atoms with Crippen LogP contribution in [0.1, 0.15) is 24.2 Å². The minimum absolute atomic E-state index is 0.243. The molecule has 8 heteroatoms. The summed E-state index contributed by atoms with van der Waals surface area (Å²) in [5.74, 6) is 0.262. The number of benzene rings is 2. The molecule has 0 fully saturated rings. The molecular formula is C20H22ClNO6. The van der Waals surface area contributed by atoms with Crippen molar-refractivity contribution in [3.05, 3.63) is 47.0 Å². The topological polar surface area (TPSA) is 83.1 Å². The van der Waals surface area contributed by atoms with Gasteiger partial charge in [0, 0.05) is 5.69 Å². The Kier molecular flexibility index (Phi) is 7.52. The Labute approximate surface area is 168 Å². The molecule has 1 atom stereocenters. The average Bonchev–Trinajstić information content (AvgIpc) is 2.68. The van der Waals surface area contributed by atoms with Gasteiger partial charge in [-0.3, -0.25) is 4.79 Å². The molecule has 0 radical (unpaired) electrons. The summed E-state index contributed by atoms with van der Waals surface area (Å²) in [7, 11) is 2.97. The van der Waals surface area contributed by atoms with Crippen molar-refractivity contribution in [2.45, 2.75) is 20.0 Å². The summed E-state index contributed by atoms with van der Waals surface area (Å²) >= 11 is 6.04. The van der Waals surface area contributed by atoms with Crippen LogP contribution in [0.25, 0.3) is 0 Å². The second kappa shape index (κ2) is 9.85. The lowest BCUT2D eigenvalue weighted by molar-refractivity contribution is -0.123. The van der Waals surface area contributed by atoms with E-state index in [4.69, 9.17) is 30.5 Å². The number of methoxy groups -OCH3 is 2. The van der Waals surface area contributed by atoms with Crippen molar-refractivity contribution in [2.24, 2.45) is 0 Å². The van der Waals surface area contributed by atoms with Crippen LogP contribution in [-0.2, 0) is 9.53 Å². The Morgan fingerprint density at radius 1 is 1.04 bits per heavy atom. The molecule has 0 aliphatic heterocycles. The number of halogens is 1. The monoisotopic (exact) mass is 407 g/mol. The molecule has 150 valence electrons. The summed E-state index contributed by atoms with van der Waals surface area (Å²) in [6.07, 6.45) is -1.02. The smallest absolute Gasteiger partial charge is 0.339 e. The number of esters is 1. The molecule has 0 aliphatic rings. The maximum atomic E-state index is 12.4. The highest BCUT2D eigenvalue weighted by Gasteiger charge is 2.20. The van der Waals surface area contributed by atoms with E-state index in [9.17, 15) is 9.59 Å². The Bertz CT molecular complexity index is 855. The van der Waals surface area contributed by atoms with Crippen LogP contribution in [0, 0.1) is 0 Å². The molecular weight excluding hydrogens is 386 g/mol. The van der Waals surface area contributed by atoms with E-state index in [1.165, 1.54) is 27.2 Å². The largest absolute Gasteiger partial charge is 0.495 e. The molecule has 28 heavy (non-hydrogen) atoms. The Balaban J connectivity index is 2.03. The zero-order valence-corrected chi connectivity index (χ0v) is 16.8. The van der Waals surface area contributed by atoms with Gasteiger partial charge in [0.15, 0.2) is 17.6 Å². The fraction of sp³-hybridized carbons (Fsp3) is 0.300. The summed E-state index contributed by atoms with van der Waals surface area (Å²) in [6, 6.07) is 9.47. The third kappa shape index (κ3) is 5.29. The lowest BCUT2D eigenvalue weighted by Gasteiger charge is -2.15. The van der Waals surface area contributed by atoms with E-state index in [0.717, 1.165) is 0 Å². The SMILES string of the molecule is CCOc1ccc(C(=O)O[C@@H](C)C(=O)Nc2ccc(OC)c(Cl)c2)cc1OC. The van der Waals surface area contributed by atoms with Gasteiger partial charge in [-0.25, -0.2) is 4.79 Å². The van der Waals surface area contributed by atoms with Crippen LogP contribution < -0.4 is 19.5 Å². The molecule has 1 N–H and O–H groups in total. The van der Waals surface area contributed by atoms with Crippen LogP contribution >= 0.6 is 11.6 Å².